The molecule has 2 aromatic carbocycles. The van der Waals surface area contributed by atoms with Crippen molar-refractivity contribution in [3.05, 3.63) is 68.8 Å². The third-order valence-electron chi connectivity index (χ3n) is 6.30. The molecule has 10 nitrogen and oxygen atoms in total. The van der Waals surface area contributed by atoms with Gasteiger partial charge in [-0.3, -0.25) is 9.59 Å². The van der Waals surface area contributed by atoms with E-state index in [-0.39, 0.29) is 6.42 Å². The van der Waals surface area contributed by atoms with Gasteiger partial charge in [-0.05, 0) is 89.6 Å². The number of nitrogens with two attached hydrogens (primary N) is 1. The summed E-state index contributed by atoms with van der Waals surface area (Å²) in [5.74, 6) is -5.33. The van der Waals surface area contributed by atoms with Crippen LogP contribution in [0.4, 0.5) is 13.2 Å². The Morgan fingerprint density at radius 1 is 0.773 bits per heavy atom. The van der Waals surface area contributed by atoms with Gasteiger partial charge in [0.15, 0.2) is 13.2 Å². The van der Waals surface area contributed by atoms with Gasteiger partial charge in [-0.15, -0.1) is 0 Å². The molecule has 1 atom stereocenters. The predicted molar refractivity (Wildman–Crippen MR) is 155 cm³/mol. The molecule has 1 amide bonds. The first-order valence-electron chi connectivity index (χ1n) is 13.7. The summed E-state index contributed by atoms with van der Waals surface area (Å²) < 4.78 is 45.7. The number of carbonyl (C=O) groups excluding carboxylic acids is 4. The fourth-order valence-corrected chi connectivity index (χ4v) is 4.47. The molecular weight excluding hydrogens is 585 g/mol. The zero-order valence-electron chi connectivity index (χ0n) is 25.6. The Hall–Kier alpha value is -4.26. The van der Waals surface area contributed by atoms with Crippen LogP contribution in [0, 0.1) is 41.5 Å². The molecule has 0 spiro atoms. The molecule has 0 unspecified atom stereocenters. The highest BCUT2D eigenvalue weighted by Crippen LogP contribution is 2.19. The Bertz CT molecular complexity index is 1250. The van der Waals surface area contributed by atoms with Crippen molar-refractivity contribution in [2.75, 3.05) is 19.8 Å². The zero-order chi connectivity index (χ0) is 33.8. The lowest BCUT2D eigenvalue weighted by molar-refractivity contribution is -0.175. The number of benzene rings is 2. The van der Waals surface area contributed by atoms with Gasteiger partial charge < -0.3 is 25.6 Å². The first-order chi connectivity index (χ1) is 20.4. The molecule has 242 valence electrons. The van der Waals surface area contributed by atoms with Gasteiger partial charge in [0.25, 0.3) is 0 Å². The molecular formula is C31H39F3N2O8. The normalized spacial score (nSPS) is 11.5. The average Bonchev–Trinajstić information content (AvgIpc) is 2.88. The van der Waals surface area contributed by atoms with Crippen LogP contribution in [-0.4, -0.2) is 66.7 Å². The molecule has 0 aromatic heterocycles. The molecule has 2 rings (SSSR count). The Kier molecular flexibility index (Phi) is 14.7. The van der Waals surface area contributed by atoms with Crippen LogP contribution in [0.3, 0.4) is 0 Å². The number of hydrogen-bond acceptors (Lipinski definition) is 8. The van der Waals surface area contributed by atoms with Gasteiger partial charge in [0.05, 0.1) is 11.1 Å². The summed E-state index contributed by atoms with van der Waals surface area (Å²) in [5.41, 5.74) is 11.4. The van der Waals surface area contributed by atoms with Crippen LogP contribution < -0.4 is 11.1 Å². The number of carboxylic acid groups (broad SMARTS) is 1. The first kappa shape index (κ1) is 37.8. The predicted octanol–water partition coefficient (Wildman–Crippen LogP) is 4.37. The van der Waals surface area contributed by atoms with Crippen molar-refractivity contribution in [2.45, 2.75) is 73.0 Å². The van der Waals surface area contributed by atoms with Crippen molar-refractivity contribution in [1.29, 1.82) is 0 Å². The van der Waals surface area contributed by atoms with Crippen LogP contribution in [0.5, 0.6) is 0 Å². The van der Waals surface area contributed by atoms with Gasteiger partial charge in [0.1, 0.15) is 6.04 Å². The van der Waals surface area contributed by atoms with E-state index in [0.717, 1.165) is 33.4 Å². The Morgan fingerprint density at radius 3 is 1.48 bits per heavy atom. The smallest absolute Gasteiger partial charge is 0.471 e. The maximum absolute atomic E-state index is 12.3. The van der Waals surface area contributed by atoms with E-state index in [0.29, 0.717) is 30.5 Å². The summed E-state index contributed by atoms with van der Waals surface area (Å²) in [6, 6.07) is 6.03. The summed E-state index contributed by atoms with van der Waals surface area (Å²) >= 11 is 0. The van der Waals surface area contributed by atoms with Crippen molar-refractivity contribution in [3.63, 3.8) is 0 Å². The lowest BCUT2D eigenvalue weighted by Crippen LogP contribution is -2.46. The Morgan fingerprint density at radius 2 is 1.16 bits per heavy atom. The monoisotopic (exact) mass is 624 g/mol. The maximum Gasteiger partial charge on any atom is 0.471 e. The van der Waals surface area contributed by atoms with Gasteiger partial charge in [0.2, 0.25) is 5.78 Å². The minimum atomic E-state index is -5.07. The molecule has 0 radical (unpaired) electrons. The summed E-state index contributed by atoms with van der Waals surface area (Å²) in [6.07, 6.45) is -4.31. The summed E-state index contributed by atoms with van der Waals surface area (Å²) in [6.45, 7) is 10.6. The quantitative estimate of drug-likeness (QED) is 0.230. The third-order valence-corrected chi connectivity index (χ3v) is 6.30. The minimum absolute atomic E-state index is 0.0750. The van der Waals surface area contributed by atoms with E-state index in [1.165, 1.54) is 5.32 Å². The number of ketones is 1. The molecule has 0 aliphatic rings. The van der Waals surface area contributed by atoms with Gasteiger partial charge >= 0.3 is 30.0 Å². The number of halogens is 3. The Balaban J connectivity index is 0.000000517. The molecule has 4 N–H and O–H groups in total. The molecule has 13 heteroatoms. The fourth-order valence-electron chi connectivity index (χ4n) is 4.47. The van der Waals surface area contributed by atoms with E-state index in [4.69, 9.17) is 20.3 Å². The van der Waals surface area contributed by atoms with Crippen LogP contribution in [0.1, 0.15) is 73.4 Å². The van der Waals surface area contributed by atoms with E-state index >= 15 is 0 Å². The number of carbonyl (C=O) groups is 5. The summed E-state index contributed by atoms with van der Waals surface area (Å²) in [5, 5.41) is 9.98. The van der Waals surface area contributed by atoms with Crippen LogP contribution in [0.15, 0.2) is 24.3 Å². The van der Waals surface area contributed by atoms with Gasteiger partial charge in [-0.25, -0.2) is 14.4 Å². The number of Topliss-reactive ketones (excluding diaryl/α,β-unsaturated/α-hetero) is 1. The van der Waals surface area contributed by atoms with Gasteiger partial charge in [-0.2, -0.15) is 13.2 Å². The molecule has 0 bridgehead atoms. The third kappa shape index (κ3) is 12.2. The highest BCUT2D eigenvalue weighted by Gasteiger charge is 2.40. The van der Waals surface area contributed by atoms with Crippen molar-refractivity contribution in [2.24, 2.45) is 5.73 Å². The average molecular weight is 625 g/mol. The van der Waals surface area contributed by atoms with Crippen LogP contribution >= 0.6 is 0 Å². The topological polar surface area (TPSA) is 162 Å². The van der Waals surface area contributed by atoms with E-state index in [1.807, 2.05) is 65.8 Å². The van der Waals surface area contributed by atoms with Crippen LogP contribution in [-0.2, 0) is 23.9 Å². The minimum Gasteiger partial charge on any atom is -0.480 e. The largest absolute Gasteiger partial charge is 0.480 e. The van der Waals surface area contributed by atoms with E-state index in [9.17, 15) is 37.1 Å². The second-order valence-electron chi connectivity index (χ2n) is 10.4. The second-order valence-corrected chi connectivity index (χ2v) is 10.4. The number of ether oxygens (including phenoxy) is 2. The zero-order valence-corrected chi connectivity index (χ0v) is 25.6. The Labute approximate surface area is 254 Å². The molecule has 0 aliphatic heterocycles. The number of esters is 2. The van der Waals surface area contributed by atoms with Crippen molar-refractivity contribution < 1.29 is 51.7 Å². The lowest BCUT2D eigenvalue weighted by atomic mass is 10.00. The number of carboxylic acids is 1. The van der Waals surface area contributed by atoms with Crippen molar-refractivity contribution in [1.82, 2.24) is 5.32 Å². The summed E-state index contributed by atoms with van der Waals surface area (Å²) in [4.78, 5) is 57.6. The number of alkyl halides is 3. The van der Waals surface area contributed by atoms with Gasteiger partial charge in [-0.1, -0.05) is 35.4 Å². The molecule has 0 saturated carbocycles. The molecule has 2 aromatic rings. The summed E-state index contributed by atoms with van der Waals surface area (Å²) in [7, 11) is 0. The lowest BCUT2D eigenvalue weighted by Gasteiger charge is -2.15. The van der Waals surface area contributed by atoms with E-state index in [1.54, 1.807) is 0 Å². The van der Waals surface area contributed by atoms with Crippen molar-refractivity contribution >= 4 is 29.6 Å². The molecule has 0 fully saturated rings. The SMILES string of the molecule is Cc1cc(C)c(C(=O)OCC(=O)COC(=O)c2c(C)cc(C)cc2C)c(C)c1.NCCCC[C@H](NC(=O)C(F)(F)F)C(=O)O. The first-order valence-corrected chi connectivity index (χ1v) is 13.7. The number of nitrogens with one attached hydrogen (secondary N) is 1. The number of aryl methyl sites for hydroxylation is 6. The number of aliphatic carboxylic acids is 1. The fraction of sp³-hybridized carbons (Fsp3) is 0.452. The second kappa shape index (κ2) is 17.1. The standard InChI is InChI=1S/C23H26O5.C8H13F3N2O3/c1-13-7-15(3)20(16(4)8-13)22(25)27-11-19(24)12-28-23(26)21-17(5)9-14(2)10-18(21)6;9-8(10,11)7(16)13-5(6(14)15)3-1-2-4-12/h7-10H,11-12H2,1-6H3;5H,1-4,12H2,(H,13,16)(H,14,15)/t;5-/m.0/s1. The molecule has 0 heterocycles. The maximum atomic E-state index is 12.3. The van der Waals surface area contributed by atoms with Crippen LogP contribution in [0.2, 0.25) is 0 Å². The van der Waals surface area contributed by atoms with Gasteiger partial charge in [0, 0.05) is 0 Å². The van der Waals surface area contributed by atoms with Crippen LogP contribution in [0.25, 0.3) is 0 Å². The number of unbranched alkanes of at least 4 members (excludes halogenated alkanes) is 1. The highest BCUT2D eigenvalue weighted by molar-refractivity contribution is 5.96. The van der Waals surface area contributed by atoms with Crippen molar-refractivity contribution in [3.8, 4) is 0 Å². The van der Waals surface area contributed by atoms with E-state index in [2.05, 4.69) is 0 Å². The van der Waals surface area contributed by atoms with E-state index < -0.39 is 55.0 Å². The number of amides is 1. The number of rotatable bonds is 12. The molecule has 0 aliphatic carbocycles. The molecule has 0 saturated heterocycles. The highest BCUT2D eigenvalue weighted by atomic mass is 19.4. The number of hydrogen-bond donors (Lipinski definition) is 3. The molecule has 44 heavy (non-hydrogen) atoms.